The third-order valence-electron chi connectivity index (χ3n) is 1.75. The Balaban J connectivity index is 2.54. The van der Waals surface area contributed by atoms with Crippen LogP contribution in [0.3, 0.4) is 0 Å². The van der Waals surface area contributed by atoms with Crippen LogP contribution in [0.1, 0.15) is 13.8 Å². The fraction of sp³-hybridized carbons (Fsp3) is 1.00. The lowest BCUT2D eigenvalue weighted by Crippen LogP contribution is -2.16. The summed E-state index contributed by atoms with van der Waals surface area (Å²) in [6, 6.07) is 0. The van der Waals surface area contributed by atoms with Crippen molar-refractivity contribution in [2.24, 2.45) is 5.92 Å². The molecule has 0 spiro atoms. The van der Waals surface area contributed by atoms with Gasteiger partial charge in [0.2, 0.25) is 0 Å². The van der Waals surface area contributed by atoms with Crippen LogP contribution >= 0.6 is 15.9 Å². The van der Waals surface area contributed by atoms with Gasteiger partial charge in [-0.15, -0.1) is 0 Å². The van der Waals surface area contributed by atoms with Gasteiger partial charge in [-0.2, -0.15) is 0 Å². The molecule has 0 radical (unpaired) electrons. The Bertz CT molecular complexity index is 95.2. The van der Waals surface area contributed by atoms with Crippen LogP contribution in [-0.4, -0.2) is 22.3 Å². The largest absolute Gasteiger partial charge is 0.368 e. The molecule has 1 saturated heterocycles. The van der Waals surface area contributed by atoms with E-state index in [9.17, 15) is 0 Å². The normalized spacial score (nSPS) is 52.0. The van der Waals surface area contributed by atoms with Gasteiger partial charge >= 0.3 is 0 Å². The molecule has 1 aliphatic rings. The van der Waals surface area contributed by atoms with E-state index in [0.29, 0.717) is 4.83 Å². The van der Waals surface area contributed by atoms with E-state index in [1.165, 1.54) is 0 Å². The lowest BCUT2D eigenvalue weighted by Gasteiger charge is -2.07. The number of hydrogen-bond donors (Lipinski definition) is 1. The van der Waals surface area contributed by atoms with Gasteiger partial charge in [-0.3, -0.25) is 0 Å². The molecule has 0 amide bonds. The molecular weight excluding hydrogens is 184 g/mol. The summed E-state index contributed by atoms with van der Waals surface area (Å²) in [6.07, 6.45) is -0.445. The number of alkyl halides is 1. The van der Waals surface area contributed by atoms with E-state index >= 15 is 0 Å². The molecule has 0 aliphatic carbocycles. The van der Waals surface area contributed by atoms with Crippen molar-refractivity contribution in [1.82, 2.24) is 0 Å². The summed E-state index contributed by atoms with van der Waals surface area (Å²) >= 11 is 3.42. The minimum absolute atomic E-state index is 0.134. The van der Waals surface area contributed by atoms with Crippen LogP contribution in [-0.2, 0) is 4.74 Å². The standard InChI is InChI=1S/C6H11BrO2/c1-3-5(7)4(2)9-6(3)8/h3-6,8H,1-2H3. The summed E-state index contributed by atoms with van der Waals surface area (Å²) in [7, 11) is 0. The molecule has 1 aliphatic heterocycles. The smallest absolute Gasteiger partial charge is 0.158 e. The highest BCUT2D eigenvalue weighted by Crippen LogP contribution is 2.30. The van der Waals surface area contributed by atoms with Crippen LogP contribution < -0.4 is 0 Å². The van der Waals surface area contributed by atoms with Crippen LogP contribution in [0.15, 0.2) is 0 Å². The van der Waals surface area contributed by atoms with Gasteiger partial charge in [-0.1, -0.05) is 22.9 Å². The Labute approximate surface area is 63.3 Å². The van der Waals surface area contributed by atoms with Gasteiger partial charge in [0, 0.05) is 10.7 Å². The first-order valence-electron chi connectivity index (χ1n) is 3.10. The lowest BCUT2D eigenvalue weighted by atomic mass is 10.1. The molecule has 4 unspecified atom stereocenters. The molecule has 0 aromatic carbocycles. The molecule has 54 valence electrons. The Morgan fingerprint density at radius 3 is 2.11 bits per heavy atom. The van der Waals surface area contributed by atoms with Crippen molar-refractivity contribution in [1.29, 1.82) is 0 Å². The number of hydrogen-bond acceptors (Lipinski definition) is 2. The average Bonchev–Trinajstić information content (AvgIpc) is 1.98. The number of aliphatic hydroxyl groups is 1. The van der Waals surface area contributed by atoms with Crippen LogP contribution in [0.5, 0.6) is 0 Å². The number of ether oxygens (including phenoxy) is 1. The fourth-order valence-corrected chi connectivity index (χ4v) is 1.39. The van der Waals surface area contributed by atoms with Gasteiger partial charge in [0.05, 0.1) is 6.10 Å². The van der Waals surface area contributed by atoms with E-state index in [1.807, 2.05) is 13.8 Å². The van der Waals surface area contributed by atoms with Crippen molar-refractivity contribution < 1.29 is 9.84 Å². The molecule has 3 heteroatoms. The topological polar surface area (TPSA) is 29.5 Å². The van der Waals surface area contributed by atoms with Gasteiger partial charge in [-0.25, -0.2) is 0 Å². The number of halogens is 1. The van der Waals surface area contributed by atoms with Crippen LogP contribution in [0.2, 0.25) is 0 Å². The van der Waals surface area contributed by atoms with Crippen molar-refractivity contribution in [2.75, 3.05) is 0 Å². The second-order valence-corrected chi connectivity index (χ2v) is 3.59. The van der Waals surface area contributed by atoms with Crippen LogP contribution in [0.25, 0.3) is 0 Å². The fourth-order valence-electron chi connectivity index (χ4n) is 1.00. The molecule has 1 rings (SSSR count). The van der Waals surface area contributed by atoms with E-state index in [4.69, 9.17) is 9.84 Å². The Morgan fingerprint density at radius 1 is 1.44 bits per heavy atom. The zero-order valence-electron chi connectivity index (χ0n) is 5.54. The van der Waals surface area contributed by atoms with E-state index in [0.717, 1.165) is 0 Å². The average molecular weight is 195 g/mol. The van der Waals surface area contributed by atoms with Crippen molar-refractivity contribution >= 4 is 15.9 Å². The zero-order chi connectivity index (χ0) is 7.02. The predicted octanol–water partition coefficient (Wildman–Crippen LogP) is 1.12. The molecule has 1 heterocycles. The monoisotopic (exact) mass is 194 g/mol. The Kier molecular flexibility index (Phi) is 2.14. The maximum absolute atomic E-state index is 9.09. The molecule has 0 saturated carbocycles. The summed E-state index contributed by atoms with van der Waals surface area (Å²) in [5, 5.41) is 9.09. The molecular formula is C6H11BrO2. The van der Waals surface area contributed by atoms with E-state index in [2.05, 4.69) is 15.9 Å². The minimum atomic E-state index is -0.579. The van der Waals surface area contributed by atoms with Crippen molar-refractivity contribution in [3.8, 4) is 0 Å². The first kappa shape index (κ1) is 7.51. The van der Waals surface area contributed by atoms with Gasteiger partial charge in [0.15, 0.2) is 6.29 Å². The second-order valence-electron chi connectivity index (χ2n) is 2.54. The Morgan fingerprint density at radius 2 is 2.00 bits per heavy atom. The molecule has 1 fully saturated rings. The number of rotatable bonds is 0. The maximum atomic E-state index is 9.09. The van der Waals surface area contributed by atoms with Crippen molar-refractivity contribution in [3.63, 3.8) is 0 Å². The molecule has 2 nitrogen and oxygen atoms in total. The van der Waals surface area contributed by atoms with E-state index in [-0.39, 0.29) is 12.0 Å². The van der Waals surface area contributed by atoms with Crippen molar-refractivity contribution in [2.45, 2.75) is 31.1 Å². The first-order chi connectivity index (χ1) is 4.13. The molecule has 4 atom stereocenters. The van der Waals surface area contributed by atoms with Crippen molar-refractivity contribution in [3.05, 3.63) is 0 Å². The summed E-state index contributed by atoms with van der Waals surface area (Å²) in [5.41, 5.74) is 0. The summed E-state index contributed by atoms with van der Waals surface area (Å²) in [6.45, 7) is 3.92. The van der Waals surface area contributed by atoms with E-state index in [1.54, 1.807) is 0 Å². The highest BCUT2D eigenvalue weighted by molar-refractivity contribution is 9.09. The molecule has 9 heavy (non-hydrogen) atoms. The summed E-state index contributed by atoms with van der Waals surface area (Å²) in [4.78, 5) is 0.299. The predicted molar refractivity (Wildman–Crippen MR) is 38.4 cm³/mol. The van der Waals surface area contributed by atoms with Crippen LogP contribution in [0, 0.1) is 5.92 Å². The molecule has 0 bridgehead atoms. The minimum Gasteiger partial charge on any atom is -0.368 e. The summed E-state index contributed by atoms with van der Waals surface area (Å²) < 4.78 is 5.09. The third kappa shape index (κ3) is 1.28. The molecule has 1 N–H and O–H groups in total. The Hall–Kier alpha value is 0.400. The molecule has 0 aromatic heterocycles. The molecule has 0 aromatic rings. The second kappa shape index (κ2) is 2.56. The maximum Gasteiger partial charge on any atom is 0.158 e. The van der Waals surface area contributed by atoms with Gasteiger partial charge in [0.1, 0.15) is 0 Å². The van der Waals surface area contributed by atoms with E-state index < -0.39 is 6.29 Å². The highest BCUT2D eigenvalue weighted by atomic mass is 79.9. The van der Waals surface area contributed by atoms with Gasteiger partial charge in [-0.05, 0) is 6.92 Å². The van der Waals surface area contributed by atoms with Crippen LogP contribution in [0.4, 0.5) is 0 Å². The first-order valence-corrected chi connectivity index (χ1v) is 4.02. The number of aliphatic hydroxyl groups excluding tert-OH is 1. The highest BCUT2D eigenvalue weighted by Gasteiger charge is 2.36. The van der Waals surface area contributed by atoms with Gasteiger partial charge < -0.3 is 9.84 Å². The van der Waals surface area contributed by atoms with Gasteiger partial charge in [0.25, 0.3) is 0 Å². The quantitative estimate of drug-likeness (QED) is 0.587. The summed E-state index contributed by atoms with van der Waals surface area (Å²) in [5.74, 6) is 0.208. The zero-order valence-corrected chi connectivity index (χ0v) is 7.13. The SMILES string of the molecule is CC1OC(O)C(C)C1Br. The third-order valence-corrected chi connectivity index (χ3v) is 3.33. The lowest BCUT2D eigenvalue weighted by molar-refractivity contribution is -0.101.